The van der Waals surface area contributed by atoms with E-state index < -0.39 is 11.4 Å². The van der Waals surface area contributed by atoms with Crippen molar-refractivity contribution in [2.24, 2.45) is 0 Å². The predicted molar refractivity (Wildman–Crippen MR) is 97.8 cm³/mol. The normalized spacial score (nSPS) is 13.6. The molecule has 0 unspecified atom stereocenters. The molecule has 0 atom stereocenters. The second-order valence-corrected chi connectivity index (χ2v) is 10.9. The molecule has 0 nitrogen and oxygen atoms in total. The molecule has 0 aliphatic rings. The average Bonchev–Trinajstić information content (AvgIpc) is 2.24. The zero-order valence-electron chi connectivity index (χ0n) is 10.3. The molecule has 1 radical (unpaired) electrons. The topological polar surface area (TPSA) is 0 Å². The van der Waals surface area contributed by atoms with E-state index in [0.29, 0.717) is 12.0 Å². The minimum absolute atomic E-state index is 0.239. The molecule has 0 saturated heterocycles. The Morgan fingerprint density at radius 3 is 1.38 bits per heavy atom. The Kier molecular flexibility index (Phi) is 7.33. The summed E-state index contributed by atoms with van der Waals surface area (Å²) in [4.78, 5) is 0. The Balaban J connectivity index is 3.75. The van der Waals surface area contributed by atoms with Gasteiger partial charge in [-0.05, 0) is 30.5 Å². The summed E-state index contributed by atoms with van der Waals surface area (Å²) < 4.78 is -5.28. The van der Waals surface area contributed by atoms with Crippen molar-refractivity contribution in [2.75, 3.05) is 0 Å². The number of alkyl halides is 9. The third-order valence-electron chi connectivity index (χ3n) is 2.53. The Bertz CT molecular complexity index is 470. The van der Waals surface area contributed by atoms with Crippen LogP contribution in [0.4, 0.5) is 0 Å². The summed E-state index contributed by atoms with van der Waals surface area (Å²) in [7, 11) is 0. The Labute approximate surface area is 168 Å². The van der Waals surface area contributed by atoms with Crippen LogP contribution in [0, 0.1) is 6.42 Å². The summed E-state index contributed by atoms with van der Waals surface area (Å²) in [6.07, 6.45) is 2.41. The fraction of sp³-hybridized carbons (Fsp3) is 0.417. The van der Waals surface area contributed by atoms with Gasteiger partial charge in [-0.3, -0.25) is 0 Å². The Morgan fingerprint density at radius 2 is 1.14 bits per heavy atom. The highest BCUT2D eigenvalue weighted by Gasteiger charge is 2.36. The van der Waals surface area contributed by atoms with Gasteiger partial charge >= 0.3 is 0 Å². The second-order valence-electron chi connectivity index (χ2n) is 4.09. The highest BCUT2D eigenvalue weighted by atomic mass is 35.6. The molecule has 1 aromatic rings. The van der Waals surface area contributed by atoms with E-state index in [1.807, 2.05) is 6.92 Å². The van der Waals surface area contributed by atoms with Gasteiger partial charge in [-0.2, -0.15) is 0 Å². The molecule has 1 rings (SSSR count). The molecule has 0 amide bonds. The summed E-state index contributed by atoms with van der Waals surface area (Å²) in [6.45, 7) is 1.90. The van der Waals surface area contributed by atoms with Crippen molar-refractivity contribution >= 4 is 104 Å². The lowest BCUT2D eigenvalue weighted by molar-refractivity contribution is 1.03. The molecule has 0 saturated carbocycles. The molecule has 9 heteroatoms. The van der Waals surface area contributed by atoms with E-state index in [0.717, 1.165) is 0 Å². The monoisotopic (exact) mass is 467 g/mol. The summed E-state index contributed by atoms with van der Waals surface area (Å²) in [5, 5.41) is 0. The first kappa shape index (κ1) is 20.9. The van der Waals surface area contributed by atoms with Crippen LogP contribution in [0.2, 0.25) is 0 Å². The van der Waals surface area contributed by atoms with Crippen molar-refractivity contribution < 1.29 is 0 Å². The van der Waals surface area contributed by atoms with E-state index in [1.54, 1.807) is 6.42 Å². The summed E-state index contributed by atoms with van der Waals surface area (Å²) in [5.74, 6) is 0. The standard InChI is InChI=1S/C12H8Cl9/c1-2-3-7-8(11(16,17)18)4-6(10(13,14)15)5-9(7)12(19,20)21/h3-5H,2H2,1H3. The molecule has 0 bridgehead atoms. The van der Waals surface area contributed by atoms with Gasteiger partial charge in [-0.25, -0.2) is 0 Å². The second kappa shape index (κ2) is 7.38. The van der Waals surface area contributed by atoms with Crippen LogP contribution in [0.15, 0.2) is 12.1 Å². The lowest BCUT2D eigenvalue weighted by Gasteiger charge is -2.26. The predicted octanol–water partition coefficient (Wildman–Crippen LogP) is 8.13. The van der Waals surface area contributed by atoms with Crippen LogP contribution in [0.3, 0.4) is 0 Å². The van der Waals surface area contributed by atoms with Gasteiger partial charge in [0.15, 0.2) is 0 Å². The first-order valence-corrected chi connectivity index (χ1v) is 8.91. The van der Waals surface area contributed by atoms with Gasteiger partial charge in [0.05, 0.1) is 0 Å². The first-order chi connectivity index (χ1) is 9.28. The third-order valence-corrected chi connectivity index (χ3v) is 4.40. The van der Waals surface area contributed by atoms with Gasteiger partial charge in [0.1, 0.15) is 0 Å². The zero-order chi connectivity index (χ0) is 16.6. The molecule has 0 heterocycles. The van der Waals surface area contributed by atoms with E-state index in [2.05, 4.69) is 0 Å². The zero-order valence-corrected chi connectivity index (χ0v) is 17.1. The number of halogens is 9. The highest BCUT2D eigenvalue weighted by molar-refractivity contribution is 6.68. The number of hydrogen-bond donors (Lipinski definition) is 0. The van der Waals surface area contributed by atoms with E-state index in [-0.39, 0.29) is 16.7 Å². The lowest BCUT2D eigenvalue weighted by Crippen LogP contribution is -2.16. The van der Waals surface area contributed by atoms with Crippen molar-refractivity contribution in [3.8, 4) is 0 Å². The van der Waals surface area contributed by atoms with Crippen LogP contribution in [0.5, 0.6) is 0 Å². The molecule has 1 aromatic carbocycles. The minimum atomic E-state index is -1.77. The van der Waals surface area contributed by atoms with Gasteiger partial charge in [-0.15, -0.1) is 0 Å². The van der Waals surface area contributed by atoms with Crippen molar-refractivity contribution in [3.63, 3.8) is 0 Å². The van der Waals surface area contributed by atoms with Crippen LogP contribution in [-0.2, 0) is 11.4 Å². The highest BCUT2D eigenvalue weighted by Crippen LogP contribution is 2.50. The third kappa shape index (κ3) is 5.69. The van der Waals surface area contributed by atoms with E-state index in [9.17, 15) is 0 Å². The average molecular weight is 471 g/mol. The molecule has 0 spiro atoms. The lowest BCUT2D eigenvalue weighted by atomic mass is 9.95. The molecule has 0 aliphatic carbocycles. The number of benzene rings is 1. The van der Waals surface area contributed by atoms with Crippen LogP contribution in [0.25, 0.3) is 0 Å². The first-order valence-electron chi connectivity index (χ1n) is 5.51. The molecular formula is C12H8Cl9. The van der Waals surface area contributed by atoms with Gasteiger partial charge in [0, 0.05) is 16.7 Å². The largest absolute Gasteiger partial charge is 0.216 e. The summed E-state index contributed by atoms with van der Waals surface area (Å²) >= 11 is 53.7. The number of hydrogen-bond acceptors (Lipinski definition) is 0. The minimum Gasteiger partial charge on any atom is -0.0784 e. The maximum absolute atomic E-state index is 6.00. The fourth-order valence-electron chi connectivity index (χ4n) is 1.71. The van der Waals surface area contributed by atoms with Gasteiger partial charge < -0.3 is 0 Å². The number of rotatable bonds is 2. The fourth-order valence-corrected chi connectivity index (χ4v) is 2.98. The molecule has 0 N–H and O–H groups in total. The molecule has 119 valence electrons. The molecule has 0 aliphatic heterocycles. The van der Waals surface area contributed by atoms with Crippen molar-refractivity contribution in [3.05, 3.63) is 40.8 Å². The molecular weight excluding hydrogens is 463 g/mol. The van der Waals surface area contributed by atoms with Gasteiger partial charge in [0.2, 0.25) is 11.4 Å². The van der Waals surface area contributed by atoms with E-state index in [4.69, 9.17) is 104 Å². The quantitative estimate of drug-likeness (QED) is 0.382. The maximum Gasteiger partial charge on any atom is 0.216 e. The van der Waals surface area contributed by atoms with Crippen LogP contribution in [0.1, 0.15) is 35.6 Å². The van der Waals surface area contributed by atoms with Crippen molar-refractivity contribution in [1.82, 2.24) is 0 Å². The summed E-state index contributed by atoms with van der Waals surface area (Å²) in [6, 6.07) is 2.95. The molecule has 0 aromatic heterocycles. The smallest absolute Gasteiger partial charge is 0.0784 e. The molecule has 0 fully saturated rings. The van der Waals surface area contributed by atoms with Crippen LogP contribution in [-0.4, -0.2) is 0 Å². The van der Waals surface area contributed by atoms with Gasteiger partial charge in [-0.1, -0.05) is 111 Å². The Morgan fingerprint density at radius 1 is 0.762 bits per heavy atom. The maximum atomic E-state index is 6.00. The summed E-state index contributed by atoms with van der Waals surface area (Å²) in [5.41, 5.74) is 1.29. The molecule has 21 heavy (non-hydrogen) atoms. The van der Waals surface area contributed by atoms with E-state index in [1.165, 1.54) is 12.1 Å². The van der Waals surface area contributed by atoms with Crippen LogP contribution >= 0.6 is 104 Å². The SMILES string of the molecule is CC[CH]c1c(C(Cl)(Cl)Cl)cc(C(Cl)(Cl)Cl)cc1C(Cl)(Cl)Cl. The Hall–Kier alpha value is 1.83. The van der Waals surface area contributed by atoms with Crippen LogP contribution < -0.4 is 0 Å². The van der Waals surface area contributed by atoms with Gasteiger partial charge in [0.25, 0.3) is 0 Å². The van der Waals surface area contributed by atoms with Crippen molar-refractivity contribution in [2.45, 2.75) is 24.7 Å². The van der Waals surface area contributed by atoms with E-state index >= 15 is 0 Å². The van der Waals surface area contributed by atoms with Crippen molar-refractivity contribution in [1.29, 1.82) is 0 Å².